The van der Waals surface area contributed by atoms with Crippen LogP contribution < -0.4 is 11.1 Å². The molecule has 0 amide bonds. The van der Waals surface area contributed by atoms with Gasteiger partial charge in [0.2, 0.25) is 5.95 Å². The van der Waals surface area contributed by atoms with Crippen LogP contribution in [0.15, 0.2) is 28.7 Å². The third-order valence-electron chi connectivity index (χ3n) is 5.52. The number of nitriles is 1. The van der Waals surface area contributed by atoms with Crippen LogP contribution in [0.2, 0.25) is 0 Å². The number of hydrogen-bond acceptors (Lipinski definition) is 7. The van der Waals surface area contributed by atoms with Gasteiger partial charge in [-0.3, -0.25) is 4.90 Å². The maximum absolute atomic E-state index is 9.02. The van der Waals surface area contributed by atoms with E-state index in [1.165, 1.54) is 5.56 Å². The number of nitrogen functional groups attached to an aromatic ring is 1. The van der Waals surface area contributed by atoms with Crippen molar-refractivity contribution in [2.75, 3.05) is 24.1 Å². The summed E-state index contributed by atoms with van der Waals surface area (Å²) in [5, 5.41) is 13.3. The Labute approximate surface area is 184 Å². The molecule has 1 aliphatic rings. The fraction of sp³-hybridized carbons (Fsp3) is 0.364. The van der Waals surface area contributed by atoms with Crippen LogP contribution in [-0.4, -0.2) is 39.0 Å². The molecule has 0 atom stereocenters. The lowest BCUT2D eigenvalue weighted by Gasteiger charge is -2.32. The summed E-state index contributed by atoms with van der Waals surface area (Å²) in [5.41, 5.74) is 10.7. The van der Waals surface area contributed by atoms with Gasteiger partial charge in [-0.2, -0.15) is 15.2 Å². The first-order valence-corrected chi connectivity index (χ1v) is 10.8. The van der Waals surface area contributed by atoms with Crippen molar-refractivity contribution < 1.29 is 0 Å². The number of fused-ring (bicyclic) bond motifs is 1. The maximum atomic E-state index is 9.02. The zero-order valence-electron chi connectivity index (χ0n) is 17.1. The Morgan fingerprint density at radius 3 is 2.67 bits per heavy atom. The highest BCUT2D eigenvalue weighted by molar-refractivity contribution is 9.10. The van der Waals surface area contributed by atoms with Crippen molar-refractivity contribution >= 4 is 38.7 Å². The molecule has 1 aliphatic heterocycles. The van der Waals surface area contributed by atoms with E-state index in [0.717, 1.165) is 53.6 Å². The van der Waals surface area contributed by atoms with Gasteiger partial charge in [0.25, 0.3) is 0 Å². The predicted molar refractivity (Wildman–Crippen MR) is 122 cm³/mol. The largest absolute Gasteiger partial charge is 0.383 e. The number of pyridine rings is 1. The third-order valence-corrected chi connectivity index (χ3v) is 6.26. The first kappa shape index (κ1) is 20.5. The van der Waals surface area contributed by atoms with E-state index in [0.29, 0.717) is 29.0 Å². The molecule has 0 aliphatic carbocycles. The van der Waals surface area contributed by atoms with E-state index >= 15 is 0 Å². The molecule has 4 rings (SSSR count). The van der Waals surface area contributed by atoms with E-state index < -0.39 is 0 Å². The maximum Gasteiger partial charge on any atom is 0.226 e. The van der Waals surface area contributed by atoms with Gasteiger partial charge in [-0.25, -0.2) is 4.98 Å². The molecule has 30 heavy (non-hydrogen) atoms. The van der Waals surface area contributed by atoms with Crippen LogP contribution in [0.25, 0.3) is 11.0 Å². The topological polar surface area (TPSA) is 104 Å². The molecule has 7 nitrogen and oxygen atoms in total. The van der Waals surface area contributed by atoms with Crippen LogP contribution in [0.1, 0.15) is 35.2 Å². The van der Waals surface area contributed by atoms with Crippen LogP contribution in [0, 0.1) is 25.2 Å². The van der Waals surface area contributed by atoms with E-state index in [1.807, 2.05) is 38.1 Å². The van der Waals surface area contributed by atoms with Crippen LogP contribution in [0.3, 0.4) is 0 Å². The molecular weight excluding hydrogens is 442 g/mol. The minimum Gasteiger partial charge on any atom is -0.383 e. The normalized spacial score (nSPS) is 15.3. The fourth-order valence-corrected chi connectivity index (χ4v) is 4.48. The molecular formula is C22H24BrN7. The number of aromatic nitrogens is 3. The molecule has 1 aromatic carbocycles. The Morgan fingerprint density at radius 1 is 1.20 bits per heavy atom. The van der Waals surface area contributed by atoms with E-state index in [1.54, 1.807) is 0 Å². The van der Waals surface area contributed by atoms with Crippen molar-refractivity contribution in [3.05, 3.63) is 51.1 Å². The molecule has 0 saturated carbocycles. The third kappa shape index (κ3) is 4.37. The van der Waals surface area contributed by atoms with Crippen molar-refractivity contribution in [1.82, 2.24) is 19.9 Å². The van der Waals surface area contributed by atoms with Crippen molar-refractivity contribution in [2.24, 2.45) is 0 Å². The number of likely N-dealkylation sites (tertiary alicyclic amines) is 1. The van der Waals surface area contributed by atoms with Crippen LogP contribution in [0.5, 0.6) is 0 Å². The van der Waals surface area contributed by atoms with Crippen molar-refractivity contribution in [3.63, 3.8) is 0 Å². The number of nitrogens with zero attached hydrogens (tertiary/aromatic N) is 5. The molecule has 3 N–H and O–H groups in total. The van der Waals surface area contributed by atoms with Gasteiger partial charge in [-0.1, -0.05) is 22.0 Å². The first-order chi connectivity index (χ1) is 14.4. The predicted octanol–water partition coefficient (Wildman–Crippen LogP) is 3.93. The monoisotopic (exact) mass is 465 g/mol. The lowest BCUT2D eigenvalue weighted by Crippen LogP contribution is -2.39. The van der Waals surface area contributed by atoms with Crippen LogP contribution >= 0.6 is 15.9 Å². The number of aryl methyl sites for hydroxylation is 2. The van der Waals surface area contributed by atoms with Crippen LogP contribution in [-0.2, 0) is 6.54 Å². The SMILES string of the molecule is Cc1cc(C)c2c(N)nc(NC3CCN(Cc4ccc(C#N)cc4Br)CC3)nc2n1. The quantitative estimate of drug-likeness (QED) is 0.600. The Hall–Kier alpha value is -2.76. The zero-order chi connectivity index (χ0) is 21.3. The van der Waals surface area contributed by atoms with Gasteiger partial charge in [0.15, 0.2) is 5.65 Å². The average molecular weight is 466 g/mol. The average Bonchev–Trinajstić information content (AvgIpc) is 2.70. The number of anilines is 2. The van der Waals surface area contributed by atoms with Crippen molar-refractivity contribution in [2.45, 2.75) is 39.3 Å². The summed E-state index contributed by atoms with van der Waals surface area (Å²) in [4.78, 5) is 16.0. The summed E-state index contributed by atoms with van der Waals surface area (Å²) < 4.78 is 0.986. The number of benzene rings is 1. The highest BCUT2D eigenvalue weighted by Gasteiger charge is 2.21. The molecule has 0 bridgehead atoms. The van der Waals surface area contributed by atoms with Crippen molar-refractivity contribution in [3.8, 4) is 6.07 Å². The summed E-state index contributed by atoms with van der Waals surface area (Å²) in [6.45, 7) is 6.78. The number of nitrogens with one attached hydrogen (secondary N) is 1. The molecule has 0 spiro atoms. The number of hydrogen-bond donors (Lipinski definition) is 2. The lowest BCUT2D eigenvalue weighted by molar-refractivity contribution is 0.210. The highest BCUT2D eigenvalue weighted by atomic mass is 79.9. The van der Waals surface area contributed by atoms with E-state index in [-0.39, 0.29) is 0 Å². The molecule has 0 unspecified atom stereocenters. The second-order valence-electron chi connectivity index (χ2n) is 7.82. The van der Waals surface area contributed by atoms with Gasteiger partial charge in [0.05, 0.1) is 17.0 Å². The minimum absolute atomic E-state index is 0.299. The summed E-state index contributed by atoms with van der Waals surface area (Å²) >= 11 is 3.58. The minimum atomic E-state index is 0.299. The van der Waals surface area contributed by atoms with Crippen molar-refractivity contribution in [1.29, 1.82) is 5.26 Å². The summed E-state index contributed by atoms with van der Waals surface area (Å²) in [7, 11) is 0. The van der Waals surface area contributed by atoms with Gasteiger partial charge < -0.3 is 11.1 Å². The van der Waals surface area contributed by atoms with Gasteiger partial charge in [-0.15, -0.1) is 0 Å². The van der Waals surface area contributed by atoms with Crippen LogP contribution in [0.4, 0.5) is 11.8 Å². The van der Waals surface area contributed by atoms with E-state index in [2.05, 4.69) is 47.2 Å². The lowest BCUT2D eigenvalue weighted by atomic mass is 10.0. The molecule has 1 fully saturated rings. The summed E-state index contributed by atoms with van der Waals surface area (Å²) in [6.07, 6.45) is 1.99. The Morgan fingerprint density at radius 2 is 1.97 bits per heavy atom. The smallest absolute Gasteiger partial charge is 0.226 e. The van der Waals surface area contributed by atoms with E-state index in [4.69, 9.17) is 11.0 Å². The molecule has 2 aromatic heterocycles. The van der Waals surface area contributed by atoms with Gasteiger partial charge in [-0.05, 0) is 56.0 Å². The zero-order valence-corrected chi connectivity index (χ0v) is 18.7. The number of piperidine rings is 1. The first-order valence-electron chi connectivity index (χ1n) is 10.0. The molecule has 0 radical (unpaired) electrons. The number of halogens is 1. The molecule has 1 saturated heterocycles. The Kier molecular flexibility index (Phi) is 5.84. The van der Waals surface area contributed by atoms with Gasteiger partial charge >= 0.3 is 0 Å². The number of rotatable bonds is 4. The second-order valence-corrected chi connectivity index (χ2v) is 8.68. The van der Waals surface area contributed by atoms with E-state index in [9.17, 15) is 0 Å². The molecule has 154 valence electrons. The standard InChI is InChI=1S/C22H24BrN7/c1-13-9-14(2)26-21-19(13)20(25)28-22(29-21)27-17-5-7-30(8-6-17)12-16-4-3-15(11-24)10-18(16)23/h3-4,9-10,17H,5-8,12H2,1-2H3,(H3,25,26,27,28,29). The molecule has 3 aromatic rings. The Bertz CT molecular complexity index is 1130. The molecule has 3 heterocycles. The summed E-state index contributed by atoms with van der Waals surface area (Å²) in [5.74, 6) is 1.02. The van der Waals surface area contributed by atoms with Gasteiger partial charge in [0.1, 0.15) is 5.82 Å². The number of nitrogens with two attached hydrogens (primary N) is 1. The molecule has 8 heteroatoms. The summed E-state index contributed by atoms with van der Waals surface area (Å²) in [6, 6.07) is 10.2. The Balaban J connectivity index is 1.40. The second kappa shape index (κ2) is 8.54. The highest BCUT2D eigenvalue weighted by Crippen LogP contribution is 2.25. The fourth-order valence-electron chi connectivity index (χ4n) is 3.98. The van der Waals surface area contributed by atoms with Gasteiger partial charge in [0, 0.05) is 35.8 Å².